The highest BCUT2D eigenvalue weighted by Gasteiger charge is 2.21. The zero-order valence-corrected chi connectivity index (χ0v) is 20.7. The van der Waals surface area contributed by atoms with E-state index in [-0.39, 0.29) is 5.75 Å². The number of hydrogen-bond acceptors (Lipinski definition) is 5. The lowest BCUT2D eigenvalue weighted by atomic mass is 10.0. The van der Waals surface area contributed by atoms with Crippen molar-refractivity contribution in [3.63, 3.8) is 0 Å². The van der Waals surface area contributed by atoms with E-state index < -0.39 is 30.0 Å². The van der Waals surface area contributed by atoms with E-state index >= 15 is 0 Å². The SMILES string of the molecule is CCCCCCCCCCCCc1cccc(Oc2cc(S(=O)(=O)O)ccc2S(=O)(=O)O)c1. The summed E-state index contributed by atoms with van der Waals surface area (Å²) < 4.78 is 70.4. The van der Waals surface area contributed by atoms with Crippen LogP contribution in [0.3, 0.4) is 0 Å². The Balaban J connectivity index is 1.93. The fraction of sp³-hybridized carbons (Fsp3) is 0.500. The van der Waals surface area contributed by atoms with Crippen LogP contribution in [0.5, 0.6) is 11.5 Å². The second-order valence-corrected chi connectivity index (χ2v) is 11.1. The van der Waals surface area contributed by atoms with Crippen LogP contribution in [-0.2, 0) is 26.7 Å². The Kier molecular flexibility index (Phi) is 10.8. The van der Waals surface area contributed by atoms with Crippen molar-refractivity contribution in [1.29, 1.82) is 0 Å². The minimum atomic E-state index is -4.66. The molecule has 0 atom stereocenters. The molecule has 0 aliphatic rings. The van der Waals surface area contributed by atoms with E-state index in [1.807, 2.05) is 6.07 Å². The van der Waals surface area contributed by atoms with Crippen LogP contribution in [0.15, 0.2) is 52.3 Å². The summed E-state index contributed by atoms with van der Waals surface area (Å²) >= 11 is 0. The highest BCUT2D eigenvalue weighted by Crippen LogP contribution is 2.32. The molecule has 0 bridgehead atoms. The van der Waals surface area contributed by atoms with E-state index in [9.17, 15) is 25.9 Å². The summed E-state index contributed by atoms with van der Waals surface area (Å²) in [6, 6.07) is 9.69. The molecule has 2 N–H and O–H groups in total. The van der Waals surface area contributed by atoms with Gasteiger partial charge in [0, 0.05) is 6.07 Å². The molecule has 9 heteroatoms. The predicted octanol–water partition coefficient (Wildman–Crippen LogP) is 6.44. The Labute approximate surface area is 197 Å². The van der Waals surface area contributed by atoms with Crippen molar-refractivity contribution in [3.8, 4) is 11.5 Å². The summed E-state index contributed by atoms with van der Waals surface area (Å²) in [4.78, 5) is -1.12. The van der Waals surface area contributed by atoms with Gasteiger partial charge in [0.05, 0.1) is 4.90 Å². The third kappa shape index (κ3) is 9.83. The fourth-order valence-corrected chi connectivity index (χ4v) is 4.74. The first-order chi connectivity index (χ1) is 15.6. The van der Waals surface area contributed by atoms with Gasteiger partial charge in [0.15, 0.2) is 0 Å². The van der Waals surface area contributed by atoms with Gasteiger partial charge in [-0.05, 0) is 42.7 Å². The highest BCUT2D eigenvalue weighted by molar-refractivity contribution is 7.86. The lowest BCUT2D eigenvalue weighted by Gasteiger charge is -2.12. The Bertz CT molecular complexity index is 1090. The lowest BCUT2D eigenvalue weighted by Crippen LogP contribution is -2.04. The number of unbranched alkanes of at least 4 members (excludes halogenated alkanes) is 9. The molecular formula is C24H34O7S2. The topological polar surface area (TPSA) is 118 Å². The van der Waals surface area contributed by atoms with Crippen molar-refractivity contribution in [2.24, 2.45) is 0 Å². The summed E-state index contributed by atoms with van der Waals surface area (Å²) in [5.41, 5.74) is 1.01. The number of benzene rings is 2. The van der Waals surface area contributed by atoms with Crippen molar-refractivity contribution >= 4 is 20.2 Å². The van der Waals surface area contributed by atoms with E-state index in [1.165, 1.54) is 51.4 Å². The average molecular weight is 499 g/mol. The molecular weight excluding hydrogens is 464 g/mol. The molecule has 0 saturated heterocycles. The highest BCUT2D eigenvalue weighted by atomic mass is 32.2. The van der Waals surface area contributed by atoms with E-state index in [1.54, 1.807) is 18.2 Å². The van der Waals surface area contributed by atoms with Crippen molar-refractivity contribution in [2.45, 2.75) is 87.3 Å². The molecule has 184 valence electrons. The van der Waals surface area contributed by atoms with Crippen LogP contribution in [0, 0.1) is 0 Å². The third-order valence-electron chi connectivity index (χ3n) is 5.44. The number of aryl methyl sites for hydroxylation is 1. The second-order valence-electron chi connectivity index (χ2n) is 8.24. The third-order valence-corrected chi connectivity index (χ3v) is 7.18. The van der Waals surface area contributed by atoms with E-state index in [4.69, 9.17) is 4.74 Å². The molecule has 0 amide bonds. The number of hydrogen-bond donors (Lipinski definition) is 2. The second kappa shape index (κ2) is 13.1. The van der Waals surface area contributed by atoms with Gasteiger partial charge in [-0.25, -0.2) is 0 Å². The summed E-state index contributed by atoms with van der Waals surface area (Å²) in [5, 5.41) is 0. The summed E-state index contributed by atoms with van der Waals surface area (Å²) in [5.74, 6) is -0.0827. The number of rotatable bonds is 15. The molecule has 0 aromatic heterocycles. The lowest BCUT2D eigenvalue weighted by molar-refractivity contribution is 0.445. The Morgan fingerprint density at radius 2 is 1.33 bits per heavy atom. The quantitative estimate of drug-likeness (QED) is 0.214. The molecule has 2 aromatic carbocycles. The van der Waals surface area contributed by atoms with E-state index in [0.717, 1.165) is 43.0 Å². The van der Waals surface area contributed by atoms with Crippen molar-refractivity contribution in [2.75, 3.05) is 0 Å². The Morgan fingerprint density at radius 3 is 1.91 bits per heavy atom. The van der Waals surface area contributed by atoms with Gasteiger partial charge in [-0.3, -0.25) is 9.11 Å². The van der Waals surface area contributed by atoms with Crippen LogP contribution in [0.4, 0.5) is 0 Å². The molecule has 2 aromatic rings. The molecule has 0 fully saturated rings. The number of ether oxygens (including phenoxy) is 1. The average Bonchev–Trinajstić information content (AvgIpc) is 2.74. The zero-order chi connectivity index (χ0) is 24.3. The fourth-order valence-electron chi connectivity index (χ4n) is 3.65. The Hall–Kier alpha value is -1.94. The molecule has 0 saturated carbocycles. The van der Waals surface area contributed by atoms with E-state index in [0.29, 0.717) is 5.75 Å². The predicted molar refractivity (Wildman–Crippen MR) is 128 cm³/mol. The molecule has 0 aliphatic carbocycles. The maximum Gasteiger partial charge on any atom is 0.298 e. The van der Waals surface area contributed by atoms with Gasteiger partial charge in [0.25, 0.3) is 20.2 Å². The van der Waals surface area contributed by atoms with Crippen molar-refractivity contribution in [3.05, 3.63) is 48.0 Å². The zero-order valence-electron chi connectivity index (χ0n) is 19.1. The first kappa shape index (κ1) is 27.3. The van der Waals surface area contributed by atoms with Crippen LogP contribution < -0.4 is 4.74 Å². The van der Waals surface area contributed by atoms with Gasteiger partial charge in [-0.15, -0.1) is 0 Å². The van der Waals surface area contributed by atoms with Gasteiger partial charge in [-0.1, -0.05) is 76.8 Å². The van der Waals surface area contributed by atoms with E-state index in [2.05, 4.69) is 6.92 Å². The minimum Gasteiger partial charge on any atom is -0.456 e. The standard InChI is InChI=1S/C24H34O7S2/c1-2-3-4-5-6-7-8-9-10-11-13-20-14-12-15-21(18-20)31-23-19-22(32(25,26)27)16-17-24(23)33(28,29)30/h12,14-19H,2-11,13H2,1H3,(H,25,26,27)(H,28,29,30). The monoisotopic (exact) mass is 498 g/mol. The molecule has 0 radical (unpaired) electrons. The van der Waals surface area contributed by atoms with Gasteiger partial charge < -0.3 is 4.74 Å². The summed E-state index contributed by atoms with van der Waals surface area (Å²) in [6.45, 7) is 2.22. The summed E-state index contributed by atoms with van der Waals surface area (Å²) in [7, 11) is -9.23. The molecule has 7 nitrogen and oxygen atoms in total. The van der Waals surface area contributed by atoms with Gasteiger partial charge in [0.1, 0.15) is 16.4 Å². The van der Waals surface area contributed by atoms with Gasteiger partial charge >= 0.3 is 0 Å². The molecule has 0 spiro atoms. The maximum atomic E-state index is 11.7. The molecule has 0 heterocycles. The van der Waals surface area contributed by atoms with Crippen LogP contribution in [-0.4, -0.2) is 25.9 Å². The minimum absolute atomic E-state index is 0.303. The van der Waals surface area contributed by atoms with Gasteiger partial charge in [0.2, 0.25) is 0 Å². The molecule has 33 heavy (non-hydrogen) atoms. The van der Waals surface area contributed by atoms with Crippen molar-refractivity contribution in [1.82, 2.24) is 0 Å². The van der Waals surface area contributed by atoms with Crippen molar-refractivity contribution < 1.29 is 30.7 Å². The molecule has 0 aliphatic heterocycles. The largest absolute Gasteiger partial charge is 0.456 e. The van der Waals surface area contributed by atoms with Gasteiger partial charge in [-0.2, -0.15) is 16.8 Å². The smallest absolute Gasteiger partial charge is 0.298 e. The molecule has 0 unspecified atom stereocenters. The van der Waals surface area contributed by atoms with Crippen LogP contribution >= 0.6 is 0 Å². The van der Waals surface area contributed by atoms with Crippen LogP contribution in [0.1, 0.15) is 76.7 Å². The first-order valence-corrected chi connectivity index (χ1v) is 14.3. The first-order valence-electron chi connectivity index (χ1n) is 11.5. The molecule has 2 rings (SSSR count). The van der Waals surface area contributed by atoms with Crippen LogP contribution in [0.2, 0.25) is 0 Å². The normalized spacial score (nSPS) is 12.1. The maximum absolute atomic E-state index is 11.7. The summed E-state index contributed by atoms with van der Waals surface area (Å²) in [6.07, 6.45) is 13.3. The Morgan fingerprint density at radius 1 is 0.727 bits per heavy atom. The van der Waals surface area contributed by atoms with Crippen LogP contribution in [0.25, 0.3) is 0 Å².